The van der Waals surface area contributed by atoms with E-state index >= 15 is 0 Å². The largest absolute Gasteiger partial charge is 0.369 e. The second-order valence-corrected chi connectivity index (χ2v) is 4.49. The van der Waals surface area contributed by atoms with Crippen LogP contribution in [-0.4, -0.2) is 21.1 Å². The predicted molar refractivity (Wildman–Crippen MR) is 75.5 cm³/mol. The third-order valence-corrected chi connectivity index (χ3v) is 2.96. The van der Waals surface area contributed by atoms with Gasteiger partial charge in [-0.15, -0.1) is 0 Å². The van der Waals surface area contributed by atoms with Crippen molar-refractivity contribution in [3.05, 3.63) is 52.3 Å². The van der Waals surface area contributed by atoms with Crippen LogP contribution in [0.5, 0.6) is 0 Å². The van der Waals surface area contributed by atoms with Gasteiger partial charge < -0.3 is 9.88 Å². The molecule has 0 amide bonds. The zero-order valence-corrected chi connectivity index (χ0v) is 11.2. The molecule has 0 aliphatic heterocycles. The number of hydrogen-bond donors (Lipinski definition) is 1. The smallest absolute Gasteiger partial charge is 0.250 e. The maximum atomic E-state index is 11.5. The summed E-state index contributed by atoms with van der Waals surface area (Å²) in [6.45, 7) is 1.48. The summed E-state index contributed by atoms with van der Waals surface area (Å²) in [4.78, 5) is 19.3. The second-order valence-electron chi connectivity index (χ2n) is 4.09. The number of rotatable bonds is 6. The average Bonchev–Trinajstić information content (AvgIpc) is 2.42. The lowest BCUT2D eigenvalue weighted by atomic mass is 10.3. The first-order valence-corrected chi connectivity index (χ1v) is 6.50. The van der Waals surface area contributed by atoms with Crippen LogP contribution in [0.15, 0.2) is 41.7 Å². The highest BCUT2D eigenvalue weighted by atomic mass is 35.5. The molecule has 0 fully saturated rings. The SMILES string of the molecule is O=c1ccccn1CCCCNc1ncncc1Cl. The van der Waals surface area contributed by atoms with Gasteiger partial charge in [-0.25, -0.2) is 9.97 Å². The lowest BCUT2D eigenvalue weighted by molar-refractivity contribution is 0.604. The highest BCUT2D eigenvalue weighted by molar-refractivity contribution is 6.32. The molecule has 0 saturated heterocycles. The quantitative estimate of drug-likeness (QED) is 0.823. The average molecular weight is 279 g/mol. The predicted octanol–water partition coefficient (Wildman–Crippen LogP) is 2.18. The zero-order valence-electron chi connectivity index (χ0n) is 10.4. The standard InChI is InChI=1S/C13H15ClN4O/c14-11-9-15-10-17-13(11)16-6-2-4-8-18-7-3-1-5-12(18)19/h1,3,5,7,9-10H,2,4,6,8H2,(H,15,16,17). The second kappa shape index (κ2) is 6.89. The molecule has 2 aromatic heterocycles. The van der Waals surface area contributed by atoms with E-state index in [1.54, 1.807) is 29.1 Å². The van der Waals surface area contributed by atoms with Gasteiger partial charge in [-0.3, -0.25) is 4.79 Å². The summed E-state index contributed by atoms with van der Waals surface area (Å²) in [7, 11) is 0. The molecule has 0 aliphatic carbocycles. The maximum absolute atomic E-state index is 11.5. The Morgan fingerprint density at radius 3 is 3.00 bits per heavy atom. The van der Waals surface area contributed by atoms with E-state index in [1.807, 2.05) is 6.07 Å². The molecule has 0 radical (unpaired) electrons. The number of aromatic nitrogens is 3. The lowest BCUT2D eigenvalue weighted by Crippen LogP contribution is -2.18. The van der Waals surface area contributed by atoms with Gasteiger partial charge in [0.15, 0.2) is 0 Å². The Kier molecular flexibility index (Phi) is 4.92. The molecular formula is C13H15ClN4O. The van der Waals surface area contributed by atoms with Crippen molar-refractivity contribution in [2.75, 3.05) is 11.9 Å². The molecule has 0 spiro atoms. The summed E-state index contributed by atoms with van der Waals surface area (Å²) >= 11 is 5.92. The van der Waals surface area contributed by atoms with Crippen molar-refractivity contribution in [3.63, 3.8) is 0 Å². The van der Waals surface area contributed by atoms with E-state index in [-0.39, 0.29) is 5.56 Å². The Balaban J connectivity index is 1.72. The van der Waals surface area contributed by atoms with Crippen molar-refractivity contribution in [2.24, 2.45) is 0 Å². The van der Waals surface area contributed by atoms with Crippen molar-refractivity contribution in [1.29, 1.82) is 0 Å². The molecule has 0 aliphatic rings. The van der Waals surface area contributed by atoms with Crippen LogP contribution in [0.1, 0.15) is 12.8 Å². The minimum atomic E-state index is 0.0364. The number of aryl methyl sites for hydroxylation is 1. The highest BCUT2D eigenvalue weighted by Crippen LogP contribution is 2.15. The first kappa shape index (κ1) is 13.5. The fourth-order valence-corrected chi connectivity index (χ4v) is 1.87. The third kappa shape index (κ3) is 4.06. The van der Waals surface area contributed by atoms with Gasteiger partial charge in [0.1, 0.15) is 17.2 Å². The molecule has 2 rings (SSSR count). The summed E-state index contributed by atoms with van der Waals surface area (Å²) in [5, 5.41) is 3.66. The number of unbranched alkanes of at least 4 members (excludes halogenated alkanes) is 1. The van der Waals surface area contributed by atoms with E-state index in [4.69, 9.17) is 11.6 Å². The minimum absolute atomic E-state index is 0.0364. The molecule has 0 unspecified atom stereocenters. The maximum Gasteiger partial charge on any atom is 0.250 e. The Hall–Kier alpha value is -1.88. The topological polar surface area (TPSA) is 59.8 Å². The number of anilines is 1. The molecule has 0 saturated carbocycles. The molecule has 2 heterocycles. The monoisotopic (exact) mass is 278 g/mol. The van der Waals surface area contributed by atoms with Crippen LogP contribution in [-0.2, 0) is 6.54 Å². The Morgan fingerprint density at radius 1 is 1.32 bits per heavy atom. The molecule has 100 valence electrons. The molecule has 0 atom stereocenters. The summed E-state index contributed by atoms with van der Waals surface area (Å²) in [5.74, 6) is 0.647. The van der Waals surface area contributed by atoms with E-state index in [9.17, 15) is 4.79 Å². The van der Waals surface area contributed by atoms with Crippen molar-refractivity contribution < 1.29 is 0 Å². The molecule has 0 bridgehead atoms. The molecule has 1 N–H and O–H groups in total. The van der Waals surface area contributed by atoms with Crippen molar-refractivity contribution >= 4 is 17.4 Å². The number of hydrogen-bond acceptors (Lipinski definition) is 4. The van der Waals surface area contributed by atoms with Gasteiger partial charge in [-0.2, -0.15) is 0 Å². The van der Waals surface area contributed by atoms with Crippen LogP contribution in [0.25, 0.3) is 0 Å². The summed E-state index contributed by atoms with van der Waals surface area (Å²) in [6, 6.07) is 5.18. The molecule has 19 heavy (non-hydrogen) atoms. The van der Waals surface area contributed by atoms with Crippen LogP contribution in [0, 0.1) is 0 Å². The Bertz CT molecular complexity index is 585. The molecule has 0 aromatic carbocycles. The summed E-state index contributed by atoms with van der Waals surface area (Å²) in [6.07, 6.45) is 6.66. The third-order valence-electron chi connectivity index (χ3n) is 2.68. The lowest BCUT2D eigenvalue weighted by Gasteiger charge is -2.07. The van der Waals surface area contributed by atoms with Gasteiger partial charge >= 0.3 is 0 Å². The fourth-order valence-electron chi connectivity index (χ4n) is 1.70. The van der Waals surface area contributed by atoms with E-state index in [1.165, 1.54) is 6.33 Å². The van der Waals surface area contributed by atoms with Crippen LogP contribution < -0.4 is 10.9 Å². The Labute approximate surface area is 116 Å². The van der Waals surface area contributed by atoms with Crippen molar-refractivity contribution in [1.82, 2.24) is 14.5 Å². The van der Waals surface area contributed by atoms with Crippen LogP contribution in [0.2, 0.25) is 5.02 Å². The highest BCUT2D eigenvalue weighted by Gasteiger charge is 1.99. The van der Waals surface area contributed by atoms with Crippen molar-refractivity contribution in [3.8, 4) is 0 Å². The van der Waals surface area contributed by atoms with Crippen LogP contribution >= 0.6 is 11.6 Å². The number of pyridine rings is 1. The van der Waals surface area contributed by atoms with Gasteiger partial charge in [0.05, 0.1) is 6.20 Å². The van der Waals surface area contributed by atoms with Gasteiger partial charge in [-0.1, -0.05) is 17.7 Å². The van der Waals surface area contributed by atoms with Gasteiger partial charge in [0.2, 0.25) is 5.56 Å². The first-order chi connectivity index (χ1) is 9.27. The minimum Gasteiger partial charge on any atom is -0.369 e. The van der Waals surface area contributed by atoms with Crippen LogP contribution in [0.3, 0.4) is 0 Å². The summed E-state index contributed by atoms with van der Waals surface area (Å²) in [5.41, 5.74) is 0.0364. The number of nitrogens with zero attached hydrogens (tertiary/aromatic N) is 3. The van der Waals surface area contributed by atoms with Crippen LogP contribution in [0.4, 0.5) is 5.82 Å². The first-order valence-electron chi connectivity index (χ1n) is 6.12. The number of halogens is 1. The Morgan fingerprint density at radius 2 is 2.21 bits per heavy atom. The summed E-state index contributed by atoms with van der Waals surface area (Å²) < 4.78 is 1.71. The zero-order chi connectivity index (χ0) is 13.5. The van der Waals surface area contributed by atoms with Gasteiger partial charge in [-0.05, 0) is 18.9 Å². The van der Waals surface area contributed by atoms with Gasteiger partial charge in [0.25, 0.3) is 0 Å². The molecule has 6 heteroatoms. The molecule has 2 aromatic rings. The van der Waals surface area contributed by atoms with E-state index in [0.717, 1.165) is 25.9 Å². The normalized spacial score (nSPS) is 10.4. The van der Waals surface area contributed by atoms with Gasteiger partial charge in [0, 0.05) is 25.4 Å². The molecular weight excluding hydrogens is 264 g/mol. The van der Waals surface area contributed by atoms with E-state index in [2.05, 4.69) is 15.3 Å². The van der Waals surface area contributed by atoms with Crippen molar-refractivity contribution in [2.45, 2.75) is 19.4 Å². The fraction of sp³-hybridized carbons (Fsp3) is 0.308. The van der Waals surface area contributed by atoms with E-state index in [0.29, 0.717) is 10.8 Å². The van der Waals surface area contributed by atoms with E-state index < -0.39 is 0 Å². The number of nitrogens with one attached hydrogen (secondary N) is 1. The molecule has 5 nitrogen and oxygen atoms in total.